The van der Waals surface area contributed by atoms with Gasteiger partial charge >= 0.3 is 116 Å². The Kier molecular flexibility index (Phi) is 11.8. The third kappa shape index (κ3) is 6.46. The van der Waals surface area contributed by atoms with Gasteiger partial charge < -0.3 is 14.4 Å². The Morgan fingerprint density at radius 3 is 1.67 bits per heavy atom. The molecule has 3 nitrogen and oxygen atoms in total. The molecule has 1 rings (SSSR count). The van der Waals surface area contributed by atoms with Crippen molar-refractivity contribution >= 4 is 12.9 Å². The van der Waals surface area contributed by atoms with E-state index in [0.717, 1.165) is 0 Å². The summed E-state index contributed by atoms with van der Waals surface area (Å²) in [6.07, 6.45) is 0. The van der Waals surface area contributed by atoms with Crippen LogP contribution in [-0.2, 0) is 4.57 Å². The SMILES string of the molecule is O=P([O-])([O-])c1ccccc1.[Rb+].[Rb+]. The van der Waals surface area contributed by atoms with Crippen molar-refractivity contribution in [3.63, 3.8) is 0 Å². The summed E-state index contributed by atoms with van der Waals surface area (Å²) in [6, 6.07) is 7.23. The van der Waals surface area contributed by atoms with Gasteiger partial charge in [-0.1, -0.05) is 30.3 Å². The van der Waals surface area contributed by atoms with Gasteiger partial charge in [0.2, 0.25) is 0 Å². The van der Waals surface area contributed by atoms with Gasteiger partial charge in [-0.25, -0.2) is 0 Å². The molecule has 0 aromatic heterocycles. The second-order valence-corrected chi connectivity index (χ2v) is 3.34. The molecular weight excluding hydrogens is 322 g/mol. The first-order valence-electron chi connectivity index (χ1n) is 2.68. The summed E-state index contributed by atoms with van der Waals surface area (Å²) >= 11 is 0. The summed E-state index contributed by atoms with van der Waals surface area (Å²) in [5, 5.41) is -0.157. The Balaban J connectivity index is 0. The fourth-order valence-corrected chi connectivity index (χ4v) is 1.15. The third-order valence-electron chi connectivity index (χ3n) is 1.07. The normalized spacial score (nSPS) is 9.50. The molecule has 1 aromatic rings. The topological polar surface area (TPSA) is 63.2 Å². The van der Waals surface area contributed by atoms with Crippen LogP contribution in [0.1, 0.15) is 0 Å². The van der Waals surface area contributed by atoms with Gasteiger partial charge in [0, 0.05) is 0 Å². The van der Waals surface area contributed by atoms with Gasteiger partial charge in [-0.05, 0) is 12.9 Å². The molecule has 0 bridgehead atoms. The minimum absolute atomic E-state index is 0. The molecule has 1 aromatic carbocycles. The van der Waals surface area contributed by atoms with Crippen LogP contribution in [0.15, 0.2) is 30.3 Å². The van der Waals surface area contributed by atoms with Crippen molar-refractivity contribution in [1.29, 1.82) is 0 Å². The van der Waals surface area contributed by atoms with Gasteiger partial charge in [0.05, 0.1) is 0 Å². The standard InChI is InChI=1S/C6H7O3P.2Rb/c7-10(8,9)6-4-2-1-3-5-6;;/h1-5H,(H2,7,8,9);;/q;2*+1/p-2. The molecule has 0 saturated heterocycles. The monoisotopic (exact) mass is 326 g/mol. The summed E-state index contributed by atoms with van der Waals surface area (Å²) < 4.78 is 10.3. The number of rotatable bonds is 1. The molecule has 0 amide bonds. The first-order valence-corrected chi connectivity index (χ1v) is 4.22. The Labute approximate surface area is 169 Å². The fourth-order valence-electron chi connectivity index (χ4n) is 0.611. The van der Waals surface area contributed by atoms with Crippen LogP contribution in [0.4, 0.5) is 0 Å². The maximum Gasteiger partial charge on any atom is 1.00 e. The van der Waals surface area contributed by atoms with Crippen LogP contribution < -0.4 is 131 Å². The van der Waals surface area contributed by atoms with Crippen LogP contribution in [-0.4, -0.2) is 0 Å². The molecular formula is C6H5O3PRb2. The molecule has 0 aliphatic rings. The molecule has 0 atom stereocenters. The van der Waals surface area contributed by atoms with Crippen molar-refractivity contribution in [3.8, 4) is 0 Å². The van der Waals surface area contributed by atoms with Crippen LogP contribution in [0.5, 0.6) is 0 Å². The first kappa shape index (κ1) is 17.4. The quantitative estimate of drug-likeness (QED) is 0.482. The van der Waals surface area contributed by atoms with Gasteiger partial charge in [-0.15, -0.1) is 0 Å². The largest absolute Gasteiger partial charge is 1.00 e. The van der Waals surface area contributed by atoms with Crippen molar-refractivity contribution in [1.82, 2.24) is 0 Å². The van der Waals surface area contributed by atoms with Crippen molar-refractivity contribution in [2.75, 3.05) is 0 Å². The molecule has 54 valence electrons. The van der Waals surface area contributed by atoms with Crippen molar-refractivity contribution < 1.29 is 131 Å². The molecule has 0 aliphatic heterocycles. The zero-order valence-electron chi connectivity index (χ0n) is 7.06. The smallest absolute Gasteiger partial charge is 0.807 e. The predicted molar refractivity (Wildman–Crippen MR) is 33.7 cm³/mol. The zero-order chi connectivity index (χ0) is 7.61. The Bertz CT molecular complexity index is 259. The number of hydrogen-bond acceptors (Lipinski definition) is 3. The molecule has 0 N–H and O–H groups in total. The van der Waals surface area contributed by atoms with Crippen LogP contribution in [0, 0.1) is 0 Å². The molecule has 0 radical (unpaired) electrons. The van der Waals surface area contributed by atoms with E-state index in [0.29, 0.717) is 0 Å². The van der Waals surface area contributed by atoms with Gasteiger partial charge in [0.1, 0.15) is 0 Å². The maximum atomic E-state index is 10.3. The van der Waals surface area contributed by atoms with E-state index in [9.17, 15) is 14.4 Å². The minimum atomic E-state index is -4.52. The first-order chi connectivity index (χ1) is 4.61. The van der Waals surface area contributed by atoms with E-state index in [2.05, 4.69) is 0 Å². The zero-order valence-corrected chi connectivity index (χ0v) is 17.8. The molecule has 12 heavy (non-hydrogen) atoms. The third-order valence-corrected chi connectivity index (χ3v) is 2.00. The fraction of sp³-hybridized carbons (Fsp3) is 0. The molecule has 0 saturated carbocycles. The average Bonchev–Trinajstić information content (AvgIpc) is 1.88. The van der Waals surface area contributed by atoms with Crippen molar-refractivity contribution in [2.45, 2.75) is 0 Å². The predicted octanol–water partition coefficient (Wildman–Crippen LogP) is -6.77. The average molecular weight is 327 g/mol. The second-order valence-electron chi connectivity index (χ2n) is 1.83. The van der Waals surface area contributed by atoms with E-state index in [1.807, 2.05) is 0 Å². The summed E-state index contributed by atoms with van der Waals surface area (Å²) in [7, 11) is -4.52. The van der Waals surface area contributed by atoms with E-state index in [1.54, 1.807) is 6.07 Å². The van der Waals surface area contributed by atoms with Crippen molar-refractivity contribution in [3.05, 3.63) is 30.3 Å². The van der Waals surface area contributed by atoms with E-state index in [-0.39, 0.29) is 122 Å². The Morgan fingerprint density at radius 2 is 1.42 bits per heavy atom. The Morgan fingerprint density at radius 1 is 1.00 bits per heavy atom. The molecule has 0 unspecified atom stereocenters. The summed E-state index contributed by atoms with van der Waals surface area (Å²) in [6.45, 7) is 0. The van der Waals surface area contributed by atoms with Gasteiger partial charge in [-0.3, -0.25) is 0 Å². The summed E-state index contributed by atoms with van der Waals surface area (Å²) in [5.41, 5.74) is 0. The maximum absolute atomic E-state index is 10.3. The van der Waals surface area contributed by atoms with Gasteiger partial charge in [-0.2, -0.15) is 0 Å². The number of hydrogen-bond donors (Lipinski definition) is 0. The molecule has 0 heterocycles. The van der Waals surface area contributed by atoms with Crippen LogP contribution in [0.2, 0.25) is 0 Å². The van der Waals surface area contributed by atoms with Gasteiger partial charge in [0.15, 0.2) is 0 Å². The molecule has 6 heteroatoms. The molecule has 0 spiro atoms. The Hall–Kier alpha value is 2.98. The molecule has 0 fully saturated rings. The van der Waals surface area contributed by atoms with E-state index in [4.69, 9.17) is 0 Å². The summed E-state index contributed by atoms with van der Waals surface area (Å²) in [4.78, 5) is 20.6. The second kappa shape index (κ2) is 8.17. The molecule has 0 aliphatic carbocycles. The van der Waals surface area contributed by atoms with Crippen LogP contribution >= 0.6 is 7.60 Å². The van der Waals surface area contributed by atoms with E-state index >= 15 is 0 Å². The van der Waals surface area contributed by atoms with Crippen LogP contribution in [0.25, 0.3) is 0 Å². The summed E-state index contributed by atoms with van der Waals surface area (Å²) in [5.74, 6) is 0. The van der Waals surface area contributed by atoms with E-state index in [1.165, 1.54) is 24.3 Å². The number of benzene rings is 1. The van der Waals surface area contributed by atoms with E-state index < -0.39 is 7.60 Å². The van der Waals surface area contributed by atoms with Crippen LogP contribution in [0.3, 0.4) is 0 Å². The minimum Gasteiger partial charge on any atom is -0.807 e. The van der Waals surface area contributed by atoms with Crippen molar-refractivity contribution in [2.24, 2.45) is 0 Å². The van der Waals surface area contributed by atoms with Gasteiger partial charge in [0.25, 0.3) is 0 Å².